The van der Waals surface area contributed by atoms with Crippen LogP contribution < -0.4 is 10.1 Å². The fourth-order valence-electron chi connectivity index (χ4n) is 2.34. The number of halogens is 1. The molecule has 2 rings (SSSR count). The Morgan fingerprint density at radius 3 is 2.32 bits per heavy atom. The van der Waals surface area contributed by atoms with Crippen LogP contribution in [0.5, 0.6) is 5.75 Å². The maximum Gasteiger partial charge on any atom is 0.255 e. The maximum absolute atomic E-state index is 12.3. The molecule has 0 aliphatic rings. The van der Waals surface area contributed by atoms with Crippen molar-refractivity contribution in [2.45, 2.75) is 40.0 Å². The summed E-state index contributed by atoms with van der Waals surface area (Å²) >= 11 is 5.95. The molecular weight excluding hydrogens is 334 g/mol. The molecule has 0 spiro atoms. The highest BCUT2D eigenvalue weighted by molar-refractivity contribution is 6.31. The topological polar surface area (TPSA) is 38.3 Å². The van der Waals surface area contributed by atoms with Gasteiger partial charge in [-0.3, -0.25) is 4.79 Å². The molecule has 0 unspecified atom stereocenters. The molecule has 0 heterocycles. The summed E-state index contributed by atoms with van der Waals surface area (Å²) in [7, 11) is 1.54. The first-order valence-electron chi connectivity index (χ1n) is 8.72. The van der Waals surface area contributed by atoms with Crippen LogP contribution in [0.4, 0.5) is 0 Å². The van der Waals surface area contributed by atoms with Gasteiger partial charge in [0.15, 0.2) is 0 Å². The molecule has 0 aliphatic heterocycles. The second-order valence-corrected chi connectivity index (χ2v) is 6.18. The van der Waals surface area contributed by atoms with Gasteiger partial charge in [-0.2, -0.15) is 0 Å². The van der Waals surface area contributed by atoms with Crippen molar-refractivity contribution in [3.8, 4) is 5.75 Å². The first-order valence-corrected chi connectivity index (χ1v) is 9.09. The Morgan fingerprint density at radius 2 is 1.76 bits per heavy atom. The van der Waals surface area contributed by atoms with Gasteiger partial charge in [-0.15, -0.1) is 0 Å². The van der Waals surface area contributed by atoms with Gasteiger partial charge < -0.3 is 10.1 Å². The van der Waals surface area contributed by atoms with E-state index in [1.807, 2.05) is 13.8 Å². The minimum Gasteiger partial charge on any atom is -0.496 e. The monoisotopic (exact) mass is 361 g/mol. The van der Waals surface area contributed by atoms with Gasteiger partial charge in [-0.05, 0) is 41.7 Å². The average Bonchev–Trinajstić information content (AvgIpc) is 2.63. The highest BCUT2D eigenvalue weighted by Crippen LogP contribution is 2.22. The van der Waals surface area contributed by atoms with Gasteiger partial charge in [0.2, 0.25) is 0 Å². The molecule has 0 fully saturated rings. The normalized spacial score (nSPS) is 10.0. The molecule has 1 N–H and O–H groups in total. The first-order chi connectivity index (χ1) is 12.0. The molecule has 2 aromatic rings. The van der Waals surface area contributed by atoms with E-state index in [-0.39, 0.29) is 5.91 Å². The Labute approximate surface area is 156 Å². The predicted molar refractivity (Wildman–Crippen MR) is 106 cm³/mol. The lowest BCUT2D eigenvalue weighted by Gasteiger charge is -2.10. The molecule has 0 radical (unpaired) electrons. The third-order valence-electron chi connectivity index (χ3n) is 3.75. The molecule has 25 heavy (non-hydrogen) atoms. The van der Waals surface area contributed by atoms with Gasteiger partial charge in [0, 0.05) is 11.6 Å². The smallest absolute Gasteiger partial charge is 0.255 e. The van der Waals surface area contributed by atoms with Crippen LogP contribution in [-0.2, 0) is 6.42 Å². The van der Waals surface area contributed by atoms with Crippen molar-refractivity contribution in [1.82, 2.24) is 5.32 Å². The summed E-state index contributed by atoms with van der Waals surface area (Å²) in [5, 5.41) is 3.42. The van der Waals surface area contributed by atoms with Crippen molar-refractivity contribution in [3.63, 3.8) is 0 Å². The Balaban J connectivity index is 0.00000151. The number of carbonyl (C=O) groups excluding carboxylic acids is 1. The van der Waals surface area contributed by atoms with Crippen LogP contribution in [0.25, 0.3) is 0 Å². The summed E-state index contributed by atoms with van der Waals surface area (Å²) in [6.07, 6.45) is 0.785. The number of hydrogen-bond acceptors (Lipinski definition) is 2. The number of carbonyl (C=O) groups is 1. The molecule has 0 bridgehead atoms. The van der Waals surface area contributed by atoms with Crippen LogP contribution in [0.2, 0.25) is 5.02 Å². The summed E-state index contributed by atoms with van der Waals surface area (Å²) in [4.78, 5) is 12.3. The van der Waals surface area contributed by atoms with Gasteiger partial charge in [0.1, 0.15) is 5.75 Å². The van der Waals surface area contributed by atoms with Gasteiger partial charge in [0.05, 0.1) is 12.7 Å². The first kappa shape index (κ1) is 21.0. The van der Waals surface area contributed by atoms with E-state index in [2.05, 4.69) is 43.4 Å². The zero-order valence-corrected chi connectivity index (χ0v) is 16.5. The van der Waals surface area contributed by atoms with Gasteiger partial charge in [-0.1, -0.05) is 63.6 Å². The Hall–Kier alpha value is -2.00. The highest BCUT2D eigenvalue weighted by atomic mass is 35.5. The van der Waals surface area contributed by atoms with E-state index < -0.39 is 0 Å². The standard InChI is InChI=1S/C19H22ClNO2.C2H6/c1-13(2)15-6-4-14(5-7-15)10-11-21-19(22)17-12-16(20)8-9-18(17)23-3;1-2/h4-9,12-13H,10-11H2,1-3H3,(H,21,22);1-2H3. The molecule has 1 amide bonds. The lowest BCUT2D eigenvalue weighted by Crippen LogP contribution is -2.26. The number of amides is 1. The van der Waals surface area contributed by atoms with Crippen molar-refractivity contribution in [1.29, 1.82) is 0 Å². The van der Waals surface area contributed by atoms with Crippen LogP contribution in [0.1, 0.15) is 55.1 Å². The molecule has 4 heteroatoms. The van der Waals surface area contributed by atoms with Crippen molar-refractivity contribution >= 4 is 17.5 Å². The molecule has 0 saturated carbocycles. The lowest BCUT2D eigenvalue weighted by atomic mass is 10.0. The van der Waals surface area contributed by atoms with Crippen LogP contribution >= 0.6 is 11.6 Å². The Bertz CT molecular complexity index is 666. The predicted octanol–water partition coefficient (Wildman–Crippen LogP) is 5.47. The molecule has 3 nitrogen and oxygen atoms in total. The summed E-state index contributed by atoms with van der Waals surface area (Å²) in [5.41, 5.74) is 2.98. The van der Waals surface area contributed by atoms with E-state index in [1.54, 1.807) is 18.2 Å². The van der Waals surface area contributed by atoms with E-state index in [4.69, 9.17) is 16.3 Å². The van der Waals surface area contributed by atoms with Crippen molar-refractivity contribution < 1.29 is 9.53 Å². The quantitative estimate of drug-likeness (QED) is 0.740. The lowest BCUT2D eigenvalue weighted by molar-refractivity contribution is 0.0951. The van der Waals surface area contributed by atoms with Gasteiger partial charge in [0.25, 0.3) is 5.91 Å². The Kier molecular flexibility index (Phi) is 9.07. The van der Waals surface area contributed by atoms with E-state index in [0.717, 1.165) is 6.42 Å². The zero-order chi connectivity index (χ0) is 18.8. The minimum atomic E-state index is -0.178. The second-order valence-electron chi connectivity index (χ2n) is 5.75. The summed E-state index contributed by atoms with van der Waals surface area (Å²) < 4.78 is 5.20. The van der Waals surface area contributed by atoms with Crippen LogP contribution in [-0.4, -0.2) is 19.6 Å². The number of rotatable bonds is 6. The minimum absolute atomic E-state index is 0.178. The molecule has 0 aliphatic carbocycles. The van der Waals surface area contributed by atoms with Crippen molar-refractivity contribution in [3.05, 3.63) is 64.2 Å². The third-order valence-corrected chi connectivity index (χ3v) is 3.99. The number of methoxy groups -OCH3 is 1. The zero-order valence-electron chi connectivity index (χ0n) is 15.7. The SMILES string of the molecule is CC.COc1ccc(Cl)cc1C(=O)NCCc1ccc(C(C)C)cc1. The maximum atomic E-state index is 12.3. The molecule has 0 atom stereocenters. The van der Waals surface area contributed by atoms with E-state index in [0.29, 0.717) is 28.8 Å². The summed E-state index contributed by atoms with van der Waals surface area (Å²) in [5.74, 6) is 0.871. The number of hydrogen-bond donors (Lipinski definition) is 1. The van der Waals surface area contributed by atoms with Gasteiger partial charge in [-0.25, -0.2) is 0 Å². The second kappa shape index (κ2) is 10.8. The molecule has 136 valence electrons. The van der Waals surface area contributed by atoms with E-state index in [1.165, 1.54) is 18.2 Å². The molecule has 0 saturated heterocycles. The van der Waals surface area contributed by atoms with Crippen LogP contribution in [0, 0.1) is 0 Å². The average molecular weight is 362 g/mol. The van der Waals surface area contributed by atoms with E-state index >= 15 is 0 Å². The fraction of sp³-hybridized carbons (Fsp3) is 0.381. The molecule has 0 aromatic heterocycles. The number of ether oxygens (including phenoxy) is 1. The molecule has 2 aromatic carbocycles. The largest absolute Gasteiger partial charge is 0.496 e. The van der Waals surface area contributed by atoms with Crippen LogP contribution in [0.3, 0.4) is 0 Å². The highest BCUT2D eigenvalue weighted by Gasteiger charge is 2.12. The summed E-state index contributed by atoms with van der Waals surface area (Å²) in [6.45, 7) is 8.91. The van der Waals surface area contributed by atoms with Crippen molar-refractivity contribution in [2.75, 3.05) is 13.7 Å². The van der Waals surface area contributed by atoms with Gasteiger partial charge >= 0.3 is 0 Å². The molecular formula is C21H28ClNO2. The third kappa shape index (κ3) is 6.43. The van der Waals surface area contributed by atoms with E-state index in [9.17, 15) is 4.79 Å². The number of nitrogens with one attached hydrogen (secondary N) is 1. The number of benzene rings is 2. The van der Waals surface area contributed by atoms with Crippen molar-refractivity contribution in [2.24, 2.45) is 0 Å². The summed E-state index contributed by atoms with van der Waals surface area (Å²) in [6, 6.07) is 13.5. The van der Waals surface area contributed by atoms with Crippen LogP contribution in [0.15, 0.2) is 42.5 Å². The fourth-order valence-corrected chi connectivity index (χ4v) is 2.51. The Morgan fingerprint density at radius 1 is 1.12 bits per heavy atom.